The minimum atomic E-state index is 0.202. The first-order chi connectivity index (χ1) is 7.81. The molecule has 1 aliphatic rings. The summed E-state index contributed by atoms with van der Waals surface area (Å²) < 4.78 is 10.3. The maximum Gasteiger partial charge on any atom is 0.252 e. The number of hydrogen-bond donors (Lipinski definition) is 1. The molecule has 2 rings (SSSR count). The third-order valence-electron chi connectivity index (χ3n) is 2.72. The summed E-state index contributed by atoms with van der Waals surface area (Å²) in [5.41, 5.74) is 0. The predicted molar refractivity (Wildman–Crippen MR) is 57.9 cm³/mol. The van der Waals surface area contributed by atoms with Crippen molar-refractivity contribution in [2.24, 2.45) is 0 Å². The Morgan fingerprint density at radius 2 is 2.50 bits per heavy atom. The van der Waals surface area contributed by atoms with Gasteiger partial charge in [0.05, 0.1) is 6.04 Å². The van der Waals surface area contributed by atoms with Gasteiger partial charge in [0.15, 0.2) is 5.82 Å². The third kappa shape index (κ3) is 2.58. The van der Waals surface area contributed by atoms with E-state index >= 15 is 0 Å². The molecule has 1 atom stereocenters. The van der Waals surface area contributed by atoms with Gasteiger partial charge in [-0.1, -0.05) is 5.16 Å². The second kappa shape index (κ2) is 5.38. The lowest BCUT2D eigenvalue weighted by molar-refractivity contribution is 0.109. The van der Waals surface area contributed by atoms with Crippen molar-refractivity contribution in [3.8, 4) is 0 Å². The molecule has 1 fully saturated rings. The van der Waals surface area contributed by atoms with Crippen molar-refractivity contribution in [3.63, 3.8) is 0 Å². The molecule has 90 valence electrons. The maximum atomic E-state index is 5.22. The van der Waals surface area contributed by atoms with Crippen LogP contribution in [0.15, 0.2) is 4.52 Å². The van der Waals surface area contributed by atoms with Crippen LogP contribution < -0.4 is 5.32 Å². The van der Waals surface area contributed by atoms with Gasteiger partial charge in [-0.25, -0.2) is 0 Å². The minimum Gasteiger partial charge on any atom is -0.372 e. The van der Waals surface area contributed by atoms with Gasteiger partial charge >= 0.3 is 0 Å². The van der Waals surface area contributed by atoms with Gasteiger partial charge in [-0.15, -0.1) is 0 Å². The number of ether oxygens (including phenoxy) is 1. The fourth-order valence-corrected chi connectivity index (χ4v) is 1.75. The van der Waals surface area contributed by atoms with Crippen LogP contribution in [0.25, 0.3) is 0 Å². The summed E-state index contributed by atoms with van der Waals surface area (Å²) in [5, 5.41) is 7.32. The van der Waals surface area contributed by atoms with Gasteiger partial charge in [-0.05, 0) is 14.0 Å². The van der Waals surface area contributed by atoms with Crippen molar-refractivity contribution in [1.29, 1.82) is 0 Å². The van der Waals surface area contributed by atoms with Crippen LogP contribution in [0.2, 0.25) is 0 Å². The molecule has 1 aromatic heterocycles. The Hall–Kier alpha value is -0.980. The number of nitrogens with zero attached hydrogens (tertiary/aromatic N) is 3. The molecule has 1 aliphatic heterocycles. The molecule has 1 unspecified atom stereocenters. The van der Waals surface area contributed by atoms with Crippen molar-refractivity contribution in [1.82, 2.24) is 20.4 Å². The Bertz CT molecular complexity index is 328. The first-order valence-electron chi connectivity index (χ1n) is 5.62. The second-order valence-electron chi connectivity index (χ2n) is 3.88. The van der Waals surface area contributed by atoms with Gasteiger partial charge in [-0.2, -0.15) is 4.98 Å². The number of aromatic nitrogens is 2. The van der Waals surface area contributed by atoms with Crippen LogP contribution in [0.4, 0.5) is 0 Å². The zero-order valence-electron chi connectivity index (χ0n) is 9.77. The Morgan fingerprint density at radius 1 is 1.62 bits per heavy atom. The number of hydrogen-bond acceptors (Lipinski definition) is 6. The van der Waals surface area contributed by atoms with Crippen molar-refractivity contribution < 1.29 is 9.26 Å². The molecule has 2 heterocycles. The number of rotatable bonds is 4. The molecular weight excluding hydrogens is 208 g/mol. The topological polar surface area (TPSA) is 63.4 Å². The summed E-state index contributed by atoms with van der Waals surface area (Å²) in [6.45, 7) is 5.87. The molecule has 0 spiro atoms. The first-order valence-corrected chi connectivity index (χ1v) is 5.62. The highest BCUT2D eigenvalue weighted by atomic mass is 16.5. The van der Waals surface area contributed by atoms with Gasteiger partial charge in [-0.3, -0.25) is 4.90 Å². The lowest BCUT2D eigenvalue weighted by atomic mass is 10.2. The molecule has 0 saturated carbocycles. The normalized spacial score (nSPS) is 22.5. The van der Waals surface area contributed by atoms with Crippen molar-refractivity contribution in [2.75, 3.05) is 33.3 Å². The van der Waals surface area contributed by atoms with Gasteiger partial charge in [0.25, 0.3) is 5.89 Å². The highest BCUT2D eigenvalue weighted by Crippen LogP contribution is 2.17. The molecule has 6 nitrogen and oxygen atoms in total. The zero-order chi connectivity index (χ0) is 11.4. The molecular formula is C10H18N4O2. The van der Waals surface area contributed by atoms with Crippen LogP contribution >= 0.6 is 0 Å². The Kier molecular flexibility index (Phi) is 3.87. The van der Waals surface area contributed by atoms with Crippen LogP contribution in [0, 0.1) is 0 Å². The average Bonchev–Trinajstić information content (AvgIpc) is 2.75. The smallest absolute Gasteiger partial charge is 0.252 e. The van der Waals surface area contributed by atoms with Gasteiger partial charge < -0.3 is 14.6 Å². The first kappa shape index (κ1) is 11.5. The lowest BCUT2D eigenvalue weighted by Crippen LogP contribution is -2.44. The molecule has 6 heteroatoms. The fourth-order valence-electron chi connectivity index (χ4n) is 1.75. The molecule has 16 heavy (non-hydrogen) atoms. The van der Waals surface area contributed by atoms with Crippen molar-refractivity contribution in [2.45, 2.75) is 19.6 Å². The average molecular weight is 226 g/mol. The fraction of sp³-hybridized carbons (Fsp3) is 0.800. The summed E-state index contributed by atoms with van der Waals surface area (Å²) in [6.07, 6.45) is 0. The lowest BCUT2D eigenvalue weighted by Gasteiger charge is -2.30. The van der Waals surface area contributed by atoms with Crippen molar-refractivity contribution in [3.05, 3.63) is 11.7 Å². The molecule has 1 N–H and O–H groups in total. The highest BCUT2D eigenvalue weighted by molar-refractivity contribution is 4.97. The van der Waals surface area contributed by atoms with E-state index in [0.29, 0.717) is 19.1 Å². The van der Waals surface area contributed by atoms with E-state index in [-0.39, 0.29) is 6.04 Å². The predicted octanol–water partition coefficient (Wildman–Crippen LogP) is 0.182. The van der Waals surface area contributed by atoms with E-state index in [0.717, 1.165) is 25.5 Å². The van der Waals surface area contributed by atoms with Crippen LogP contribution in [0.3, 0.4) is 0 Å². The molecule has 1 saturated heterocycles. The number of piperazine rings is 1. The quantitative estimate of drug-likeness (QED) is 0.790. The second-order valence-corrected chi connectivity index (χ2v) is 3.88. The molecule has 0 aromatic carbocycles. The van der Waals surface area contributed by atoms with Crippen LogP contribution in [-0.4, -0.2) is 48.3 Å². The Labute approximate surface area is 95.0 Å². The summed E-state index contributed by atoms with van der Waals surface area (Å²) in [4.78, 5) is 6.57. The number of nitrogens with one attached hydrogen (secondary N) is 1. The van der Waals surface area contributed by atoms with Crippen LogP contribution in [0.5, 0.6) is 0 Å². The van der Waals surface area contributed by atoms with E-state index in [9.17, 15) is 0 Å². The molecule has 0 bridgehead atoms. The SMILES string of the molecule is CCOCc1nc(C2CNCCN2C)no1. The van der Waals surface area contributed by atoms with E-state index in [2.05, 4.69) is 27.4 Å². The summed E-state index contributed by atoms with van der Waals surface area (Å²) in [7, 11) is 2.07. The van der Waals surface area contributed by atoms with E-state index in [1.165, 1.54) is 0 Å². The van der Waals surface area contributed by atoms with E-state index in [1.54, 1.807) is 0 Å². The van der Waals surface area contributed by atoms with E-state index in [1.807, 2.05) is 6.92 Å². The Morgan fingerprint density at radius 3 is 3.25 bits per heavy atom. The van der Waals surface area contributed by atoms with Gasteiger partial charge in [0.2, 0.25) is 0 Å². The monoisotopic (exact) mass is 226 g/mol. The summed E-state index contributed by atoms with van der Waals surface area (Å²) >= 11 is 0. The standard InChI is InChI=1S/C10H18N4O2/c1-3-15-7-9-12-10(13-16-9)8-6-11-4-5-14(8)2/h8,11H,3-7H2,1-2H3. The van der Waals surface area contributed by atoms with Crippen LogP contribution in [0.1, 0.15) is 24.7 Å². The zero-order valence-corrected chi connectivity index (χ0v) is 9.77. The summed E-state index contributed by atoms with van der Waals surface area (Å²) in [6, 6.07) is 0.202. The minimum absolute atomic E-state index is 0.202. The molecule has 1 aromatic rings. The van der Waals surface area contributed by atoms with E-state index in [4.69, 9.17) is 9.26 Å². The number of likely N-dealkylation sites (N-methyl/N-ethyl adjacent to an activating group) is 1. The third-order valence-corrected chi connectivity index (χ3v) is 2.72. The summed E-state index contributed by atoms with van der Waals surface area (Å²) in [5.74, 6) is 1.29. The molecule has 0 amide bonds. The van der Waals surface area contributed by atoms with Crippen LogP contribution in [-0.2, 0) is 11.3 Å². The Balaban J connectivity index is 1.99. The molecule has 0 radical (unpaired) electrons. The van der Waals surface area contributed by atoms with E-state index < -0.39 is 0 Å². The highest BCUT2D eigenvalue weighted by Gasteiger charge is 2.24. The van der Waals surface area contributed by atoms with Gasteiger partial charge in [0.1, 0.15) is 6.61 Å². The van der Waals surface area contributed by atoms with Crippen molar-refractivity contribution >= 4 is 0 Å². The largest absolute Gasteiger partial charge is 0.372 e. The molecule has 0 aliphatic carbocycles. The van der Waals surface area contributed by atoms with Gasteiger partial charge in [0, 0.05) is 26.2 Å². The maximum absolute atomic E-state index is 5.22.